The first kappa shape index (κ1) is 12.9. The summed E-state index contributed by atoms with van der Waals surface area (Å²) in [6, 6.07) is 0. The largest absolute Gasteiger partial charge is 0.334 e. The van der Waals surface area contributed by atoms with Crippen LogP contribution in [0, 0.1) is 6.92 Å². The second kappa shape index (κ2) is 4.26. The lowest BCUT2D eigenvalue weighted by atomic mass is 10.4. The predicted octanol–water partition coefficient (Wildman–Crippen LogP) is 1.26. The third-order valence-electron chi connectivity index (χ3n) is 3.03. The van der Waals surface area contributed by atoms with Crippen LogP contribution in [-0.4, -0.2) is 29.4 Å². The SMILES string of the molecule is CCn1cc(S(=O)(=O)NC2(CCl)CC2)nc1C. The molecule has 2 rings (SSSR count). The summed E-state index contributed by atoms with van der Waals surface area (Å²) in [6.07, 6.45) is 3.15. The maximum atomic E-state index is 12.1. The Hall–Kier alpha value is -0.590. The van der Waals surface area contributed by atoms with Crippen LogP contribution in [0.2, 0.25) is 0 Å². The fourth-order valence-electron chi connectivity index (χ4n) is 1.68. The molecule has 96 valence electrons. The van der Waals surface area contributed by atoms with E-state index in [9.17, 15) is 8.42 Å². The number of imidazole rings is 1. The molecule has 0 atom stereocenters. The number of nitrogens with zero attached hydrogens (tertiary/aromatic N) is 2. The number of alkyl halides is 1. The Morgan fingerprint density at radius 2 is 2.24 bits per heavy atom. The number of halogens is 1. The smallest absolute Gasteiger partial charge is 0.260 e. The average molecular weight is 278 g/mol. The van der Waals surface area contributed by atoms with Gasteiger partial charge in [-0.05, 0) is 26.7 Å². The number of rotatable bonds is 5. The number of aryl methyl sites for hydroxylation is 2. The lowest BCUT2D eigenvalue weighted by Crippen LogP contribution is -2.38. The van der Waals surface area contributed by atoms with E-state index in [2.05, 4.69) is 9.71 Å². The topological polar surface area (TPSA) is 64.0 Å². The Kier molecular flexibility index (Phi) is 3.22. The predicted molar refractivity (Wildman–Crippen MR) is 65.6 cm³/mol. The van der Waals surface area contributed by atoms with Gasteiger partial charge in [-0.15, -0.1) is 11.6 Å². The molecule has 1 aromatic rings. The molecule has 1 heterocycles. The zero-order chi connectivity index (χ0) is 12.7. The zero-order valence-corrected chi connectivity index (χ0v) is 11.5. The van der Waals surface area contributed by atoms with E-state index in [4.69, 9.17) is 11.6 Å². The standard InChI is InChI=1S/C10H16ClN3O2S/c1-3-14-6-9(12-8(14)2)17(15,16)13-10(7-11)4-5-10/h6,13H,3-5,7H2,1-2H3. The molecule has 0 bridgehead atoms. The van der Waals surface area contributed by atoms with Gasteiger partial charge in [0.15, 0.2) is 5.03 Å². The van der Waals surface area contributed by atoms with Crippen LogP contribution in [0.5, 0.6) is 0 Å². The summed E-state index contributed by atoms with van der Waals surface area (Å²) in [5, 5.41) is 0.0771. The van der Waals surface area contributed by atoms with Crippen molar-refractivity contribution >= 4 is 21.6 Å². The first-order chi connectivity index (χ1) is 7.92. The first-order valence-electron chi connectivity index (χ1n) is 5.56. The molecule has 1 N–H and O–H groups in total. The summed E-state index contributed by atoms with van der Waals surface area (Å²) in [5.41, 5.74) is -0.440. The molecule has 0 aromatic carbocycles. The number of sulfonamides is 1. The summed E-state index contributed by atoms with van der Waals surface area (Å²) in [7, 11) is -3.55. The van der Waals surface area contributed by atoms with Gasteiger partial charge < -0.3 is 4.57 Å². The second-order valence-electron chi connectivity index (χ2n) is 4.43. The second-order valence-corrected chi connectivity index (χ2v) is 6.33. The van der Waals surface area contributed by atoms with E-state index in [0.29, 0.717) is 18.2 Å². The number of nitrogens with one attached hydrogen (secondary N) is 1. The van der Waals surface area contributed by atoms with Crippen LogP contribution in [0.25, 0.3) is 0 Å². The summed E-state index contributed by atoms with van der Waals surface area (Å²) in [6.45, 7) is 4.44. The summed E-state index contributed by atoms with van der Waals surface area (Å²) >= 11 is 5.76. The minimum Gasteiger partial charge on any atom is -0.334 e. The molecular formula is C10H16ClN3O2S. The van der Waals surface area contributed by atoms with Crippen LogP contribution in [0.3, 0.4) is 0 Å². The van der Waals surface area contributed by atoms with E-state index in [0.717, 1.165) is 12.8 Å². The van der Waals surface area contributed by atoms with E-state index < -0.39 is 15.6 Å². The summed E-state index contributed by atoms with van der Waals surface area (Å²) in [5.74, 6) is 1.00. The molecule has 1 aliphatic rings. The number of aromatic nitrogens is 2. The Bertz CT molecular complexity index is 520. The van der Waals surface area contributed by atoms with Crippen LogP contribution >= 0.6 is 11.6 Å². The van der Waals surface area contributed by atoms with Gasteiger partial charge in [0.1, 0.15) is 5.82 Å². The maximum Gasteiger partial charge on any atom is 0.260 e. The highest BCUT2D eigenvalue weighted by molar-refractivity contribution is 7.89. The fourth-order valence-corrected chi connectivity index (χ4v) is 3.56. The van der Waals surface area contributed by atoms with Crippen molar-refractivity contribution in [1.82, 2.24) is 14.3 Å². The van der Waals surface area contributed by atoms with Crippen LogP contribution in [-0.2, 0) is 16.6 Å². The lowest BCUT2D eigenvalue weighted by Gasteiger charge is -2.12. The third-order valence-corrected chi connectivity index (χ3v) is 4.99. The molecule has 0 amide bonds. The van der Waals surface area contributed by atoms with E-state index in [1.807, 2.05) is 6.92 Å². The summed E-state index contributed by atoms with van der Waals surface area (Å²) in [4.78, 5) is 4.07. The van der Waals surface area contributed by atoms with Gasteiger partial charge in [-0.1, -0.05) is 0 Å². The molecule has 0 saturated heterocycles. The van der Waals surface area contributed by atoms with Gasteiger partial charge in [0.05, 0.1) is 0 Å². The first-order valence-corrected chi connectivity index (χ1v) is 7.58. The monoisotopic (exact) mass is 277 g/mol. The minimum atomic E-state index is -3.55. The number of hydrogen-bond donors (Lipinski definition) is 1. The normalized spacial score (nSPS) is 18.3. The molecule has 1 aromatic heterocycles. The van der Waals surface area contributed by atoms with Crippen molar-refractivity contribution in [3.63, 3.8) is 0 Å². The fraction of sp³-hybridized carbons (Fsp3) is 0.700. The van der Waals surface area contributed by atoms with Crippen LogP contribution < -0.4 is 4.72 Å². The zero-order valence-electron chi connectivity index (χ0n) is 9.90. The van der Waals surface area contributed by atoms with Crippen LogP contribution in [0.4, 0.5) is 0 Å². The van der Waals surface area contributed by atoms with Gasteiger partial charge in [0.2, 0.25) is 0 Å². The average Bonchev–Trinajstić information content (AvgIpc) is 2.92. The Balaban J connectivity index is 2.25. The molecule has 7 heteroatoms. The Labute approximate surface area is 106 Å². The van der Waals surface area contributed by atoms with Crippen LogP contribution in [0.15, 0.2) is 11.2 Å². The molecule has 1 fully saturated rings. The molecule has 1 aliphatic carbocycles. The van der Waals surface area contributed by atoms with Crippen molar-refractivity contribution in [3.05, 3.63) is 12.0 Å². The van der Waals surface area contributed by atoms with E-state index >= 15 is 0 Å². The highest BCUT2D eigenvalue weighted by Gasteiger charge is 2.45. The van der Waals surface area contributed by atoms with Crippen molar-refractivity contribution < 1.29 is 8.42 Å². The maximum absolute atomic E-state index is 12.1. The van der Waals surface area contributed by atoms with Crippen molar-refractivity contribution in [2.75, 3.05) is 5.88 Å². The van der Waals surface area contributed by atoms with Crippen molar-refractivity contribution in [1.29, 1.82) is 0 Å². The highest BCUT2D eigenvalue weighted by atomic mass is 35.5. The Morgan fingerprint density at radius 1 is 1.59 bits per heavy atom. The molecule has 0 radical (unpaired) electrons. The molecule has 5 nitrogen and oxygen atoms in total. The van der Waals surface area contributed by atoms with E-state index in [1.165, 1.54) is 0 Å². The van der Waals surface area contributed by atoms with Crippen molar-refractivity contribution in [3.8, 4) is 0 Å². The molecule has 0 spiro atoms. The Morgan fingerprint density at radius 3 is 2.65 bits per heavy atom. The molecule has 0 unspecified atom stereocenters. The van der Waals surface area contributed by atoms with Crippen LogP contribution in [0.1, 0.15) is 25.6 Å². The van der Waals surface area contributed by atoms with Crippen molar-refractivity contribution in [2.45, 2.75) is 43.8 Å². The van der Waals surface area contributed by atoms with E-state index in [1.54, 1.807) is 17.7 Å². The van der Waals surface area contributed by atoms with Gasteiger partial charge in [0.25, 0.3) is 10.0 Å². The van der Waals surface area contributed by atoms with E-state index in [-0.39, 0.29) is 5.03 Å². The molecule has 1 saturated carbocycles. The third kappa shape index (κ3) is 2.48. The quantitative estimate of drug-likeness (QED) is 0.824. The van der Waals surface area contributed by atoms with Gasteiger partial charge in [-0.3, -0.25) is 0 Å². The molecule has 17 heavy (non-hydrogen) atoms. The molecular weight excluding hydrogens is 262 g/mol. The highest BCUT2D eigenvalue weighted by Crippen LogP contribution is 2.37. The number of hydrogen-bond acceptors (Lipinski definition) is 3. The lowest BCUT2D eigenvalue weighted by molar-refractivity contribution is 0.556. The molecule has 0 aliphatic heterocycles. The van der Waals surface area contributed by atoms with Gasteiger partial charge in [-0.25, -0.2) is 18.1 Å². The van der Waals surface area contributed by atoms with Gasteiger partial charge >= 0.3 is 0 Å². The minimum absolute atomic E-state index is 0.0771. The van der Waals surface area contributed by atoms with Crippen molar-refractivity contribution in [2.24, 2.45) is 0 Å². The summed E-state index contributed by atoms with van der Waals surface area (Å²) < 4.78 is 28.6. The van der Waals surface area contributed by atoms with Gasteiger partial charge in [0, 0.05) is 24.2 Å². The van der Waals surface area contributed by atoms with Gasteiger partial charge in [-0.2, -0.15) is 0 Å².